The maximum atomic E-state index is 10.6. The highest BCUT2D eigenvalue weighted by Crippen LogP contribution is 2.33. The van der Waals surface area contributed by atoms with Crippen LogP contribution in [0.5, 0.6) is 5.75 Å². The van der Waals surface area contributed by atoms with Crippen molar-refractivity contribution in [3.63, 3.8) is 0 Å². The van der Waals surface area contributed by atoms with Gasteiger partial charge in [0, 0.05) is 4.47 Å². The maximum Gasteiger partial charge on any atom is 0.124 e. The smallest absolute Gasteiger partial charge is 0.124 e. The van der Waals surface area contributed by atoms with Crippen LogP contribution in [-0.4, -0.2) is 12.2 Å². The molecule has 106 valence electrons. The average molecular weight is 335 g/mol. The van der Waals surface area contributed by atoms with Crippen LogP contribution in [0.4, 0.5) is 0 Å². The Hall–Kier alpha value is -1.32. The number of benzene rings is 2. The van der Waals surface area contributed by atoms with Crippen molar-refractivity contribution in [3.05, 3.63) is 62.6 Å². The number of hydrogen-bond donors (Lipinski definition) is 1. The van der Waals surface area contributed by atoms with E-state index in [-0.39, 0.29) is 0 Å². The van der Waals surface area contributed by atoms with Gasteiger partial charge < -0.3 is 9.84 Å². The predicted octanol–water partition coefficient (Wildman–Crippen LogP) is 4.46. The summed E-state index contributed by atoms with van der Waals surface area (Å²) in [5.41, 5.74) is 4.96. The number of hydrogen-bond acceptors (Lipinski definition) is 2. The normalized spacial score (nSPS) is 12.3. The fraction of sp³-hybridized carbons (Fsp3) is 0.294. The largest absolute Gasteiger partial charge is 0.496 e. The molecule has 3 heteroatoms. The van der Waals surface area contributed by atoms with E-state index in [1.807, 2.05) is 51.1 Å². The summed E-state index contributed by atoms with van der Waals surface area (Å²) >= 11 is 3.51. The summed E-state index contributed by atoms with van der Waals surface area (Å²) < 4.78 is 6.29. The summed E-state index contributed by atoms with van der Waals surface area (Å²) in [5, 5.41) is 10.6. The monoisotopic (exact) mass is 334 g/mol. The van der Waals surface area contributed by atoms with E-state index in [1.54, 1.807) is 7.11 Å². The molecule has 0 aliphatic rings. The van der Waals surface area contributed by atoms with Crippen LogP contribution < -0.4 is 4.74 Å². The van der Waals surface area contributed by atoms with Gasteiger partial charge in [-0.05, 0) is 61.2 Å². The van der Waals surface area contributed by atoms with Gasteiger partial charge in [0.2, 0.25) is 0 Å². The Morgan fingerprint density at radius 1 is 1.05 bits per heavy atom. The van der Waals surface area contributed by atoms with E-state index in [1.165, 1.54) is 0 Å². The number of ether oxygens (including phenoxy) is 1. The van der Waals surface area contributed by atoms with Crippen molar-refractivity contribution >= 4 is 15.9 Å². The second-order valence-corrected chi connectivity index (χ2v) is 5.97. The second kappa shape index (κ2) is 5.98. The Bertz CT molecular complexity index is 612. The maximum absolute atomic E-state index is 10.6. The highest BCUT2D eigenvalue weighted by Gasteiger charge is 2.16. The van der Waals surface area contributed by atoms with Gasteiger partial charge in [-0.15, -0.1) is 0 Å². The van der Waals surface area contributed by atoms with E-state index in [9.17, 15) is 5.11 Å². The van der Waals surface area contributed by atoms with Crippen LogP contribution in [0, 0.1) is 20.8 Å². The first-order valence-electron chi connectivity index (χ1n) is 6.53. The van der Waals surface area contributed by atoms with Crippen LogP contribution in [0.3, 0.4) is 0 Å². The lowest BCUT2D eigenvalue weighted by Crippen LogP contribution is -2.03. The fourth-order valence-corrected chi connectivity index (χ4v) is 2.98. The van der Waals surface area contributed by atoms with Gasteiger partial charge in [0.15, 0.2) is 0 Å². The van der Waals surface area contributed by atoms with Crippen molar-refractivity contribution < 1.29 is 9.84 Å². The zero-order valence-corrected chi connectivity index (χ0v) is 13.8. The third kappa shape index (κ3) is 2.89. The molecule has 0 aromatic heterocycles. The number of halogens is 1. The second-order valence-electron chi connectivity index (χ2n) is 5.12. The minimum atomic E-state index is -0.646. The van der Waals surface area contributed by atoms with Gasteiger partial charge in [0.1, 0.15) is 11.9 Å². The summed E-state index contributed by atoms with van der Waals surface area (Å²) in [6.07, 6.45) is -0.646. The molecular formula is C17H19BrO2. The highest BCUT2D eigenvalue weighted by atomic mass is 79.9. The molecule has 20 heavy (non-hydrogen) atoms. The number of methoxy groups -OCH3 is 1. The quantitative estimate of drug-likeness (QED) is 0.897. The zero-order chi connectivity index (χ0) is 14.9. The molecule has 2 nitrogen and oxygen atoms in total. The van der Waals surface area contributed by atoms with Gasteiger partial charge in [-0.1, -0.05) is 33.6 Å². The third-order valence-electron chi connectivity index (χ3n) is 3.45. The van der Waals surface area contributed by atoms with Gasteiger partial charge in [0.05, 0.1) is 7.11 Å². The van der Waals surface area contributed by atoms with Crippen molar-refractivity contribution in [2.45, 2.75) is 26.9 Å². The Balaban J connectivity index is 2.48. The zero-order valence-electron chi connectivity index (χ0n) is 12.2. The molecule has 0 fully saturated rings. The molecule has 1 atom stereocenters. The first kappa shape index (κ1) is 15.1. The molecule has 0 bridgehead atoms. The van der Waals surface area contributed by atoms with E-state index < -0.39 is 6.10 Å². The molecule has 0 aliphatic carbocycles. The van der Waals surface area contributed by atoms with Crippen molar-refractivity contribution in [2.75, 3.05) is 7.11 Å². The lowest BCUT2D eigenvalue weighted by atomic mass is 9.96. The van der Waals surface area contributed by atoms with Crippen LogP contribution in [0.2, 0.25) is 0 Å². The van der Waals surface area contributed by atoms with E-state index in [0.29, 0.717) is 0 Å². The molecule has 2 aromatic carbocycles. The Morgan fingerprint density at radius 2 is 1.65 bits per heavy atom. The fourth-order valence-electron chi connectivity index (χ4n) is 2.52. The SMILES string of the molecule is COc1c(C)cc(C(O)c2cc(C)ccc2Br)cc1C. The molecule has 1 unspecified atom stereocenters. The van der Waals surface area contributed by atoms with Crippen LogP contribution in [0.25, 0.3) is 0 Å². The molecule has 0 radical (unpaired) electrons. The van der Waals surface area contributed by atoms with Gasteiger partial charge in [0.25, 0.3) is 0 Å². The average Bonchev–Trinajstić information content (AvgIpc) is 2.40. The topological polar surface area (TPSA) is 29.5 Å². The lowest BCUT2D eigenvalue weighted by Gasteiger charge is -2.17. The van der Waals surface area contributed by atoms with E-state index in [2.05, 4.69) is 15.9 Å². The van der Waals surface area contributed by atoms with Crippen molar-refractivity contribution in [3.8, 4) is 5.75 Å². The molecule has 0 spiro atoms. The van der Waals surface area contributed by atoms with Gasteiger partial charge >= 0.3 is 0 Å². The third-order valence-corrected chi connectivity index (χ3v) is 4.17. The van der Waals surface area contributed by atoms with Gasteiger partial charge in [-0.25, -0.2) is 0 Å². The molecular weight excluding hydrogens is 316 g/mol. The molecule has 0 saturated heterocycles. The first-order chi connectivity index (χ1) is 9.43. The van der Waals surface area contributed by atoms with Crippen molar-refractivity contribution in [1.82, 2.24) is 0 Å². The summed E-state index contributed by atoms with van der Waals surface area (Å²) in [5.74, 6) is 0.879. The minimum absolute atomic E-state index is 0.646. The number of aliphatic hydroxyl groups excluding tert-OH is 1. The molecule has 2 aromatic rings. The number of aliphatic hydroxyl groups is 1. The highest BCUT2D eigenvalue weighted by molar-refractivity contribution is 9.10. The summed E-state index contributed by atoms with van der Waals surface area (Å²) in [7, 11) is 1.67. The van der Waals surface area contributed by atoms with Crippen LogP contribution in [0.1, 0.15) is 33.9 Å². The molecule has 0 amide bonds. The number of aryl methyl sites for hydroxylation is 3. The van der Waals surface area contributed by atoms with Gasteiger partial charge in [-0.3, -0.25) is 0 Å². The Kier molecular flexibility index (Phi) is 4.51. The van der Waals surface area contributed by atoms with E-state index in [4.69, 9.17) is 4.74 Å². The Labute approximate surface area is 128 Å². The van der Waals surface area contributed by atoms with E-state index >= 15 is 0 Å². The summed E-state index contributed by atoms with van der Waals surface area (Å²) in [6, 6.07) is 9.95. The first-order valence-corrected chi connectivity index (χ1v) is 7.32. The standard InChI is InChI=1S/C17H19BrO2/c1-10-5-6-15(18)14(7-10)16(19)13-8-11(2)17(20-4)12(3)9-13/h5-9,16,19H,1-4H3. The summed E-state index contributed by atoms with van der Waals surface area (Å²) in [6.45, 7) is 6.01. The predicted molar refractivity (Wildman–Crippen MR) is 85.4 cm³/mol. The minimum Gasteiger partial charge on any atom is -0.496 e. The van der Waals surface area contributed by atoms with E-state index in [0.717, 1.165) is 38.0 Å². The summed E-state index contributed by atoms with van der Waals surface area (Å²) in [4.78, 5) is 0. The molecule has 0 saturated carbocycles. The molecule has 2 rings (SSSR count). The van der Waals surface area contributed by atoms with Crippen LogP contribution in [-0.2, 0) is 0 Å². The van der Waals surface area contributed by atoms with Crippen molar-refractivity contribution in [1.29, 1.82) is 0 Å². The van der Waals surface area contributed by atoms with Crippen LogP contribution >= 0.6 is 15.9 Å². The molecule has 1 N–H and O–H groups in total. The van der Waals surface area contributed by atoms with Crippen LogP contribution in [0.15, 0.2) is 34.8 Å². The molecule has 0 aliphatic heterocycles. The number of rotatable bonds is 3. The lowest BCUT2D eigenvalue weighted by molar-refractivity contribution is 0.219. The van der Waals surface area contributed by atoms with Crippen molar-refractivity contribution in [2.24, 2.45) is 0 Å². The van der Waals surface area contributed by atoms with Gasteiger partial charge in [-0.2, -0.15) is 0 Å². The molecule has 0 heterocycles. The Morgan fingerprint density at radius 3 is 2.20 bits per heavy atom.